The Kier molecular flexibility index (Phi) is 1.31. The van der Waals surface area contributed by atoms with Gasteiger partial charge in [0.15, 0.2) is 0 Å². The fourth-order valence-electron chi connectivity index (χ4n) is 3.43. The van der Waals surface area contributed by atoms with Crippen LogP contribution in [0.25, 0.3) is 0 Å². The van der Waals surface area contributed by atoms with E-state index in [4.69, 9.17) is 5.73 Å². The largest absolute Gasteiger partial charge is 0.330 e. The molecule has 0 radical (unpaired) electrons. The summed E-state index contributed by atoms with van der Waals surface area (Å²) in [7, 11) is 0. The van der Waals surface area contributed by atoms with Crippen molar-refractivity contribution in [1.82, 2.24) is 0 Å². The van der Waals surface area contributed by atoms with Crippen LogP contribution in [-0.4, -0.2) is 6.54 Å². The topological polar surface area (TPSA) is 26.0 Å². The zero-order valence-electron chi connectivity index (χ0n) is 6.88. The summed E-state index contributed by atoms with van der Waals surface area (Å²) in [5.74, 6) is 4.86. The van der Waals surface area contributed by atoms with E-state index in [-0.39, 0.29) is 0 Å². The van der Waals surface area contributed by atoms with Gasteiger partial charge in [0.25, 0.3) is 0 Å². The van der Waals surface area contributed by atoms with Crippen molar-refractivity contribution in [2.24, 2.45) is 35.3 Å². The molecule has 0 amide bonds. The van der Waals surface area contributed by atoms with E-state index in [0.29, 0.717) is 0 Å². The lowest BCUT2D eigenvalue weighted by Crippen LogP contribution is -2.37. The molecule has 2 bridgehead atoms. The highest BCUT2D eigenvalue weighted by Crippen LogP contribution is 2.60. The predicted octanol–water partition coefficient (Wildman–Crippen LogP) is 1.48. The summed E-state index contributed by atoms with van der Waals surface area (Å²) in [6, 6.07) is 0. The molecule has 3 rings (SSSR count). The van der Waals surface area contributed by atoms with Gasteiger partial charge in [-0.2, -0.15) is 0 Å². The molecular formula is C9H17N. The van der Waals surface area contributed by atoms with E-state index in [1.165, 1.54) is 6.42 Å². The SMILES string of the molecule is C[C@H]1C2CC(CN)C1[C@H]2C. The highest BCUT2D eigenvalue weighted by Gasteiger charge is 2.55. The summed E-state index contributed by atoms with van der Waals surface area (Å²) in [6.07, 6.45) is 1.42. The first-order valence-corrected chi connectivity index (χ1v) is 4.45. The molecule has 0 aliphatic heterocycles. The van der Waals surface area contributed by atoms with Crippen LogP contribution in [0.1, 0.15) is 20.3 Å². The molecule has 3 aliphatic rings. The lowest BCUT2D eigenvalue weighted by Gasteiger charge is -2.41. The van der Waals surface area contributed by atoms with Crippen LogP contribution < -0.4 is 5.73 Å². The highest BCUT2D eigenvalue weighted by atomic mass is 14.7. The molecule has 58 valence electrons. The molecule has 0 aromatic rings. The molecule has 0 heterocycles. The third-order valence-electron chi connectivity index (χ3n) is 3.99. The molecule has 10 heavy (non-hydrogen) atoms. The van der Waals surface area contributed by atoms with Crippen molar-refractivity contribution >= 4 is 0 Å². The van der Waals surface area contributed by atoms with E-state index in [1.54, 1.807) is 0 Å². The van der Waals surface area contributed by atoms with Gasteiger partial charge in [0.05, 0.1) is 0 Å². The third kappa shape index (κ3) is 0.572. The van der Waals surface area contributed by atoms with Crippen molar-refractivity contribution in [2.45, 2.75) is 20.3 Å². The molecule has 0 saturated heterocycles. The molecule has 0 aromatic heterocycles. The minimum atomic E-state index is 0.870. The Balaban J connectivity index is 2.09. The molecule has 1 nitrogen and oxygen atoms in total. The van der Waals surface area contributed by atoms with E-state index < -0.39 is 0 Å². The van der Waals surface area contributed by atoms with Gasteiger partial charge >= 0.3 is 0 Å². The first kappa shape index (κ1) is 6.66. The minimum Gasteiger partial charge on any atom is -0.330 e. The molecular weight excluding hydrogens is 122 g/mol. The molecule has 1 heteroatoms. The van der Waals surface area contributed by atoms with Crippen molar-refractivity contribution in [3.63, 3.8) is 0 Å². The Hall–Kier alpha value is -0.0400. The van der Waals surface area contributed by atoms with Gasteiger partial charge in [0.1, 0.15) is 0 Å². The molecule has 3 atom stereocenters. The molecule has 3 fully saturated rings. The van der Waals surface area contributed by atoms with Crippen molar-refractivity contribution in [3.8, 4) is 0 Å². The van der Waals surface area contributed by atoms with Gasteiger partial charge in [-0.15, -0.1) is 0 Å². The Morgan fingerprint density at radius 1 is 1.30 bits per heavy atom. The number of fused-ring (bicyclic) bond motifs is 1. The summed E-state index contributed by atoms with van der Waals surface area (Å²) in [4.78, 5) is 0. The van der Waals surface area contributed by atoms with Crippen molar-refractivity contribution < 1.29 is 0 Å². The van der Waals surface area contributed by atoms with Gasteiger partial charge in [-0.1, -0.05) is 13.8 Å². The Morgan fingerprint density at radius 3 is 2.10 bits per heavy atom. The quantitative estimate of drug-likeness (QED) is 0.585. The standard InChI is InChI=1S/C9H17N/c1-5-8-3-7(4-10)9(5)6(8)2/h5-9H,3-4,10H2,1-2H3/t5-,6-,7?,8?,9?/m0/s1. The summed E-state index contributed by atoms with van der Waals surface area (Å²) in [6.45, 7) is 5.71. The second kappa shape index (κ2) is 1.97. The first-order chi connectivity index (χ1) is 4.75. The molecule has 3 saturated carbocycles. The number of hydrogen-bond acceptors (Lipinski definition) is 1. The lowest BCUT2D eigenvalue weighted by molar-refractivity contribution is 0.0670. The Morgan fingerprint density at radius 2 is 1.90 bits per heavy atom. The highest BCUT2D eigenvalue weighted by molar-refractivity contribution is 5.03. The fourth-order valence-corrected chi connectivity index (χ4v) is 3.43. The van der Waals surface area contributed by atoms with Crippen LogP contribution in [0.15, 0.2) is 0 Å². The molecule has 2 N–H and O–H groups in total. The van der Waals surface area contributed by atoms with Crippen LogP contribution in [0.3, 0.4) is 0 Å². The Labute approximate surface area is 63.0 Å². The van der Waals surface area contributed by atoms with Crippen LogP contribution in [0.5, 0.6) is 0 Å². The van der Waals surface area contributed by atoms with Crippen LogP contribution in [0, 0.1) is 29.6 Å². The zero-order valence-corrected chi connectivity index (χ0v) is 6.88. The normalized spacial score (nSPS) is 58.5. The maximum absolute atomic E-state index is 5.68. The van der Waals surface area contributed by atoms with Gasteiger partial charge in [-0.3, -0.25) is 0 Å². The van der Waals surface area contributed by atoms with E-state index in [1.807, 2.05) is 0 Å². The summed E-state index contributed by atoms with van der Waals surface area (Å²) in [5, 5.41) is 0. The van der Waals surface area contributed by atoms with Gasteiger partial charge in [-0.25, -0.2) is 0 Å². The third-order valence-corrected chi connectivity index (χ3v) is 3.99. The fraction of sp³-hybridized carbons (Fsp3) is 1.00. The van der Waals surface area contributed by atoms with Gasteiger partial charge in [0.2, 0.25) is 0 Å². The molecule has 1 unspecified atom stereocenters. The van der Waals surface area contributed by atoms with E-state index >= 15 is 0 Å². The van der Waals surface area contributed by atoms with Gasteiger partial charge < -0.3 is 5.73 Å². The second-order valence-corrected chi connectivity index (χ2v) is 4.19. The van der Waals surface area contributed by atoms with E-state index in [9.17, 15) is 0 Å². The molecule has 0 aromatic carbocycles. The lowest BCUT2D eigenvalue weighted by atomic mass is 9.64. The van der Waals surface area contributed by atoms with Crippen LogP contribution in [0.4, 0.5) is 0 Å². The predicted molar refractivity (Wildman–Crippen MR) is 42.5 cm³/mol. The summed E-state index contributed by atoms with van der Waals surface area (Å²) < 4.78 is 0. The van der Waals surface area contributed by atoms with Crippen molar-refractivity contribution in [1.29, 1.82) is 0 Å². The average Bonchev–Trinajstić information content (AvgIpc) is 2.44. The maximum atomic E-state index is 5.68. The van der Waals surface area contributed by atoms with Crippen molar-refractivity contribution in [3.05, 3.63) is 0 Å². The van der Waals surface area contributed by atoms with Gasteiger partial charge in [0, 0.05) is 0 Å². The number of rotatable bonds is 1. The average molecular weight is 139 g/mol. The second-order valence-electron chi connectivity index (χ2n) is 4.19. The maximum Gasteiger partial charge on any atom is -0.00459 e. The summed E-state index contributed by atoms with van der Waals surface area (Å²) in [5.41, 5.74) is 5.68. The minimum absolute atomic E-state index is 0.870. The first-order valence-electron chi connectivity index (χ1n) is 4.45. The van der Waals surface area contributed by atoms with Crippen molar-refractivity contribution in [2.75, 3.05) is 6.54 Å². The van der Waals surface area contributed by atoms with Gasteiger partial charge in [-0.05, 0) is 42.6 Å². The number of hydrogen-bond donors (Lipinski definition) is 1. The molecule has 3 aliphatic carbocycles. The van der Waals surface area contributed by atoms with E-state index in [2.05, 4.69) is 13.8 Å². The smallest absolute Gasteiger partial charge is 0.00459 e. The zero-order chi connectivity index (χ0) is 7.30. The van der Waals surface area contributed by atoms with Crippen LogP contribution >= 0.6 is 0 Å². The molecule has 0 spiro atoms. The van der Waals surface area contributed by atoms with Crippen LogP contribution in [0.2, 0.25) is 0 Å². The monoisotopic (exact) mass is 139 g/mol. The van der Waals surface area contributed by atoms with Crippen LogP contribution in [-0.2, 0) is 0 Å². The van der Waals surface area contributed by atoms with E-state index in [0.717, 1.165) is 36.1 Å². The summed E-state index contributed by atoms with van der Waals surface area (Å²) >= 11 is 0. The Bertz CT molecular complexity index is 134. The number of nitrogens with two attached hydrogens (primary N) is 1.